The summed E-state index contributed by atoms with van der Waals surface area (Å²) in [7, 11) is 0. The van der Waals surface area contributed by atoms with E-state index in [1.807, 2.05) is 12.1 Å². The quantitative estimate of drug-likeness (QED) is 0.701. The van der Waals surface area contributed by atoms with Gasteiger partial charge in [-0.25, -0.2) is 0 Å². The van der Waals surface area contributed by atoms with Crippen LogP contribution in [0.1, 0.15) is 0 Å². The van der Waals surface area contributed by atoms with Gasteiger partial charge in [0.2, 0.25) is 0 Å². The number of rotatable bonds is 2. The number of nitrogen functional groups attached to an aromatic ring is 1. The fraction of sp³-hybridized carbons (Fsp3) is 0. The van der Waals surface area contributed by atoms with Crippen LogP contribution >= 0.6 is 11.3 Å². The molecule has 0 fully saturated rings. The summed E-state index contributed by atoms with van der Waals surface area (Å²) in [5, 5.41) is 8.92. The van der Waals surface area contributed by atoms with Crippen molar-refractivity contribution in [1.29, 1.82) is 0 Å². The molecule has 0 unspecified atom stereocenters. The zero-order chi connectivity index (χ0) is 11.7. The van der Waals surface area contributed by atoms with Gasteiger partial charge in [-0.2, -0.15) is 0 Å². The maximum absolute atomic E-state index is 5.86. The first-order valence-corrected chi connectivity index (χ1v) is 5.80. The van der Waals surface area contributed by atoms with E-state index in [1.165, 1.54) is 11.3 Å². The Bertz CT molecular complexity index is 654. The molecule has 0 bridgehead atoms. The summed E-state index contributed by atoms with van der Waals surface area (Å²) >= 11 is 1.33. The highest BCUT2D eigenvalue weighted by molar-refractivity contribution is 7.11. The largest absolute Gasteiger partial charge is 0.429 e. The Morgan fingerprint density at radius 3 is 3.00 bits per heavy atom. The van der Waals surface area contributed by atoms with Crippen LogP contribution in [0.4, 0.5) is 5.69 Å². The Hall–Kier alpha value is -2.21. The molecule has 0 amide bonds. The number of fused-ring (bicyclic) bond motifs is 1. The minimum Gasteiger partial charge on any atom is -0.429 e. The Labute approximate surface area is 101 Å². The van der Waals surface area contributed by atoms with E-state index in [0.29, 0.717) is 16.6 Å². The molecule has 5 nitrogen and oxygen atoms in total. The fourth-order valence-electron chi connectivity index (χ4n) is 1.56. The van der Waals surface area contributed by atoms with Crippen molar-refractivity contribution in [2.24, 2.45) is 0 Å². The minimum absolute atomic E-state index is 0.500. The molecule has 0 aliphatic heterocycles. The van der Waals surface area contributed by atoms with Gasteiger partial charge in [0.25, 0.3) is 5.19 Å². The highest BCUT2D eigenvalue weighted by atomic mass is 32.1. The van der Waals surface area contributed by atoms with Crippen LogP contribution in [0.25, 0.3) is 10.9 Å². The highest BCUT2D eigenvalue weighted by Gasteiger charge is 2.08. The van der Waals surface area contributed by atoms with Crippen molar-refractivity contribution >= 4 is 27.9 Å². The topological polar surface area (TPSA) is 73.9 Å². The van der Waals surface area contributed by atoms with E-state index in [4.69, 9.17) is 10.5 Å². The van der Waals surface area contributed by atoms with Gasteiger partial charge in [0, 0.05) is 11.6 Å². The van der Waals surface area contributed by atoms with E-state index in [9.17, 15) is 0 Å². The number of pyridine rings is 1. The standard InChI is InChI=1S/C11H8N4OS/c12-8-3-4-9(16-11-15-14-6-17-11)7-2-1-5-13-10(7)8/h1-6H,12H2. The predicted molar refractivity (Wildman–Crippen MR) is 66.1 cm³/mol. The van der Waals surface area contributed by atoms with Gasteiger partial charge >= 0.3 is 0 Å². The zero-order valence-corrected chi connectivity index (χ0v) is 9.52. The van der Waals surface area contributed by atoms with Crippen molar-refractivity contribution in [1.82, 2.24) is 15.2 Å². The second kappa shape index (κ2) is 3.99. The number of nitrogens with two attached hydrogens (primary N) is 1. The predicted octanol–water partition coefficient (Wildman–Crippen LogP) is 2.46. The van der Waals surface area contributed by atoms with E-state index in [1.54, 1.807) is 23.8 Å². The molecule has 0 aliphatic carbocycles. The second-order valence-corrected chi connectivity index (χ2v) is 4.15. The Kier molecular flexibility index (Phi) is 2.34. The summed E-state index contributed by atoms with van der Waals surface area (Å²) in [6.07, 6.45) is 1.70. The fourth-order valence-corrected chi connectivity index (χ4v) is 1.98. The molecule has 0 aliphatic rings. The lowest BCUT2D eigenvalue weighted by atomic mass is 10.2. The third-order valence-corrected chi connectivity index (χ3v) is 2.86. The van der Waals surface area contributed by atoms with Crippen LogP contribution in [0.15, 0.2) is 36.0 Å². The molecular weight excluding hydrogens is 236 g/mol. The lowest BCUT2D eigenvalue weighted by Crippen LogP contribution is -1.92. The van der Waals surface area contributed by atoms with Crippen molar-refractivity contribution in [2.75, 3.05) is 5.73 Å². The summed E-state index contributed by atoms with van der Waals surface area (Å²) in [4.78, 5) is 4.23. The van der Waals surface area contributed by atoms with Crippen molar-refractivity contribution < 1.29 is 4.74 Å². The molecule has 0 radical (unpaired) electrons. The molecule has 0 saturated carbocycles. The van der Waals surface area contributed by atoms with Crippen LogP contribution in [0.3, 0.4) is 0 Å². The van der Waals surface area contributed by atoms with Gasteiger partial charge in [-0.3, -0.25) is 4.98 Å². The normalized spacial score (nSPS) is 10.6. The molecule has 6 heteroatoms. The first-order valence-electron chi connectivity index (χ1n) is 4.92. The summed E-state index contributed by atoms with van der Waals surface area (Å²) in [5.41, 5.74) is 8.83. The number of ether oxygens (including phenoxy) is 1. The van der Waals surface area contributed by atoms with Crippen LogP contribution in [-0.4, -0.2) is 15.2 Å². The number of anilines is 1. The number of benzene rings is 1. The average Bonchev–Trinajstić information content (AvgIpc) is 2.86. The van der Waals surface area contributed by atoms with Crippen molar-refractivity contribution in [2.45, 2.75) is 0 Å². The molecule has 0 atom stereocenters. The van der Waals surface area contributed by atoms with Gasteiger partial charge in [0.1, 0.15) is 11.3 Å². The van der Waals surface area contributed by atoms with E-state index in [2.05, 4.69) is 15.2 Å². The highest BCUT2D eigenvalue weighted by Crippen LogP contribution is 2.32. The SMILES string of the molecule is Nc1ccc(Oc2nncs2)c2cccnc12. The number of hydrogen-bond acceptors (Lipinski definition) is 6. The van der Waals surface area contributed by atoms with E-state index in [-0.39, 0.29) is 0 Å². The summed E-state index contributed by atoms with van der Waals surface area (Å²) in [6.45, 7) is 0. The first-order chi connectivity index (χ1) is 8.34. The molecule has 0 spiro atoms. The number of nitrogens with zero attached hydrogens (tertiary/aromatic N) is 3. The molecule has 2 heterocycles. The van der Waals surface area contributed by atoms with Gasteiger partial charge < -0.3 is 10.5 Å². The Morgan fingerprint density at radius 2 is 2.18 bits per heavy atom. The Morgan fingerprint density at radius 1 is 1.24 bits per heavy atom. The molecule has 2 N–H and O–H groups in total. The summed E-state index contributed by atoms with van der Waals surface area (Å²) in [5.74, 6) is 0.680. The lowest BCUT2D eigenvalue weighted by molar-refractivity contribution is 0.478. The van der Waals surface area contributed by atoms with Gasteiger partial charge in [0.15, 0.2) is 0 Å². The lowest BCUT2D eigenvalue weighted by Gasteiger charge is -2.06. The van der Waals surface area contributed by atoms with Crippen molar-refractivity contribution in [3.63, 3.8) is 0 Å². The molecule has 17 heavy (non-hydrogen) atoms. The Balaban J connectivity index is 2.14. The van der Waals surface area contributed by atoms with E-state index >= 15 is 0 Å². The van der Waals surface area contributed by atoms with Gasteiger partial charge in [-0.1, -0.05) is 16.4 Å². The van der Waals surface area contributed by atoms with E-state index in [0.717, 1.165) is 10.9 Å². The average molecular weight is 244 g/mol. The van der Waals surface area contributed by atoms with Crippen LogP contribution in [0, 0.1) is 0 Å². The molecule has 3 rings (SSSR count). The molecule has 2 aromatic heterocycles. The summed E-state index contributed by atoms with van der Waals surface area (Å²) < 4.78 is 5.64. The van der Waals surface area contributed by atoms with E-state index < -0.39 is 0 Å². The smallest absolute Gasteiger partial charge is 0.299 e. The molecule has 0 saturated heterocycles. The number of aromatic nitrogens is 3. The van der Waals surface area contributed by atoms with Crippen molar-refractivity contribution in [3.05, 3.63) is 36.0 Å². The van der Waals surface area contributed by atoms with Crippen LogP contribution in [0.2, 0.25) is 0 Å². The number of hydrogen-bond donors (Lipinski definition) is 1. The van der Waals surface area contributed by atoms with Gasteiger partial charge in [-0.05, 0) is 24.3 Å². The second-order valence-electron chi connectivity index (χ2n) is 3.36. The molecule has 3 aromatic rings. The monoisotopic (exact) mass is 244 g/mol. The molecule has 1 aromatic carbocycles. The first kappa shape index (κ1) is 9.98. The maximum Gasteiger partial charge on any atom is 0.299 e. The third-order valence-electron chi connectivity index (χ3n) is 2.30. The minimum atomic E-state index is 0.500. The molecule has 84 valence electrons. The molecular formula is C11H8N4OS. The third kappa shape index (κ3) is 1.78. The van der Waals surface area contributed by atoms with Crippen LogP contribution in [0.5, 0.6) is 10.9 Å². The van der Waals surface area contributed by atoms with Gasteiger partial charge in [0.05, 0.1) is 11.2 Å². The van der Waals surface area contributed by atoms with Crippen molar-refractivity contribution in [3.8, 4) is 10.9 Å². The van der Waals surface area contributed by atoms with Gasteiger partial charge in [-0.15, -0.1) is 5.10 Å². The summed E-state index contributed by atoms with van der Waals surface area (Å²) in [6, 6.07) is 7.33. The van der Waals surface area contributed by atoms with Crippen LogP contribution in [-0.2, 0) is 0 Å². The zero-order valence-electron chi connectivity index (χ0n) is 8.70. The maximum atomic E-state index is 5.86. The van der Waals surface area contributed by atoms with Crippen LogP contribution < -0.4 is 10.5 Å².